The Labute approximate surface area is 213 Å². The summed E-state index contributed by atoms with van der Waals surface area (Å²) >= 11 is 0. The summed E-state index contributed by atoms with van der Waals surface area (Å²) in [5.74, 6) is -0.134. The second-order valence-electron chi connectivity index (χ2n) is 8.94. The molecule has 0 unspecified atom stereocenters. The van der Waals surface area contributed by atoms with Gasteiger partial charge in [0.05, 0.1) is 22.5 Å². The maximum absolute atomic E-state index is 13.8. The number of hydrogen-bond donors (Lipinski definition) is 1. The molecule has 0 amide bonds. The van der Waals surface area contributed by atoms with E-state index in [1.807, 2.05) is 25.1 Å². The molecule has 0 aliphatic rings. The lowest BCUT2D eigenvalue weighted by Gasteiger charge is -2.17. The van der Waals surface area contributed by atoms with Gasteiger partial charge in [-0.3, -0.25) is 4.79 Å². The number of aromatic amines is 1. The van der Waals surface area contributed by atoms with Crippen LogP contribution in [0.4, 0.5) is 3.89 Å². The van der Waals surface area contributed by atoms with Crippen LogP contribution in [-0.2, 0) is 23.5 Å². The van der Waals surface area contributed by atoms with Crippen molar-refractivity contribution in [3.8, 4) is 22.9 Å². The molecule has 1 N–H and O–H groups in total. The standard InChI is InChI=1S/C28H24FN3O4S/c1-3-5-11-32-25-15-22(19-7-6-8-20(13-19)36-37(29,34)35)18(4-2)14-23(25)27(33)26-21-10-9-17(16-30)12-24(21)31-28(26)32/h6-10,12-15,31H,3-5,11H2,1-2H3. The van der Waals surface area contributed by atoms with Crippen molar-refractivity contribution in [1.29, 1.82) is 5.26 Å². The van der Waals surface area contributed by atoms with Crippen molar-refractivity contribution in [2.24, 2.45) is 0 Å². The first-order chi connectivity index (χ1) is 17.7. The van der Waals surface area contributed by atoms with Crippen molar-refractivity contribution in [2.45, 2.75) is 39.7 Å². The minimum absolute atomic E-state index is 0.101. The maximum atomic E-state index is 13.8. The van der Waals surface area contributed by atoms with E-state index in [2.05, 4.69) is 26.7 Å². The molecule has 7 nitrogen and oxygen atoms in total. The van der Waals surface area contributed by atoms with Gasteiger partial charge in [-0.15, -0.1) is 0 Å². The van der Waals surface area contributed by atoms with Gasteiger partial charge < -0.3 is 13.7 Å². The molecule has 37 heavy (non-hydrogen) atoms. The van der Waals surface area contributed by atoms with E-state index < -0.39 is 10.5 Å². The Balaban J connectivity index is 1.84. The third kappa shape index (κ3) is 4.45. The number of fused-ring (bicyclic) bond motifs is 4. The highest BCUT2D eigenvalue weighted by Gasteiger charge is 2.19. The predicted octanol–water partition coefficient (Wildman–Crippen LogP) is 6.13. The van der Waals surface area contributed by atoms with Crippen LogP contribution in [0.1, 0.15) is 37.8 Å². The minimum atomic E-state index is -5.16. The molecular weight excluding hydrogens is 493 g/mol. The first-order valence-electron chi connectivity index (χ1n) is 12.0. The molecule has 3 aromatic carbocycles. The zero-order valence-electron chi connectivity index (χ0n) is 20.3. The Morgan fingerprint density at radius 3 is 2.59 bits per heavy atom. The van der Waals surface area contributed by atoms with Gasteiger partial charge in [-0.2, -0.15) is 13.7 Å². The van der Waals surface area contributed by atoms with E-state index in [0.717, 1.165) is 40.4 Å². The van der Waals surface area contributed by atoms with Crippen LogP contribution in [0.3, 0.4) is 0 Å². The highest BCUT2D eigenvalue weighted by molar-refractivity contribution is 7.81. The molecule has 0 saturated carbocycles. The molecule has 2 aromatic heterocycles. The van der Waals surface area contributed by atoms with Crippen LogP contribution in [0.5, 0.6) is 5.75 Å². The molecule has 0 spiro atoms. The molecule has 188 valence electrons. The zero-order chi connectivity index (χ0) is 26.3. The summed E-state index contributed by atoms with van der Waals surface area (Å²) in [6, 6.07) is 17.4. The molecule has 5 aromatic rings. The van der Waals surface area contributed by atoms with Crippen molar-refractivity contribution < 1.29 is 16.5 Å². The molecule has 0 aliphatic heterocycles. The smallest absolute Gasteiger partial charge is 0.358 e. The lowest BCUT2D eigenvalue weighted by molar-refractivity contribution is 0.440. The number of hydrogen-bond acceptors (Lipinski definition) is 5. The number of H-pyrrole nitrogens is 1. The van der Waals surface area contributed by atoms with Gasteiger partial charge in [0.2, 0.25) is 0 Å². The van der Waals surface area contributed by atoms with Crippen molar-refractivity contribution in [3.63, 3.8) is 0 Å². The van der Waals surface area contributed by atoms with Crippen molar-refractivity contribution in [3.05, 3.63) is 75.9 Å². The van der Waals surface area contributed by atoms with Crippen molar-refractivity contribution >= 4 is 43.3 Å². The topological polar surface area (TPSA) is 105 Å². The highest BCUT2D eigenvalue weighted by Crippen LogP contribution is 2.34. The zero-order valence-corrected chi connectivity index (χ0v) is 21.2. The quantitative estimate of drug-likeness (QED) is 0.262. The highest BCUT2D eigenvalue weighted by atomic mass is 32.3. The fraction of sp³-hybridized carbons (Fsp3) is 0.214. The number of halogens is 1. The number of benzene rings is 3. The predicted molar refractivity (Wildman–Crippen MR) is 143 cm³/mol. The number of pyridine rings is 1. The van der Waals surface area contributed by atoms with Crippen molar-refractivity contribution in [2.75, 3.05) is 0 Å². The molecular formula is C28H24FN3O4S. The van der Waals surface area contributed by atoms with E-state index in [1.165, 1.54) is 12.1 Å². The van der Waals surface area contributed by atoms with Gasteiger partial charge in [-0.1, -0.05) is 42.4 Å². The molecule has 5 rings (SSSR count). The SMILES string of the molecule is CCCCn1c2cc(-c3cccc(OS(=O)(=O)F)c3)c(CC)cc2c(=O)c2c3ccc(C#N)cc3[nH]c21. The average molecular weight is 518 g/mol. The summed E-state index contributed by atoms with van der Waals surface area (Å²) < 4.78 is 41.7. The van der Waals surface area contributed by atoms with Gasteiger partial charge in [-0.05, 0) is 65.9 Å². The van der Waals surface area contributed by atoms with E-state index >= 15 is 0 Å². The average Bonchev–Trinajstić information content (AvgIpc) is 3.26. The largest absolute Gasteiger partial charge is 0.488 e. The van der Waals surface area contributed by atoms with E-state index in [9.17, 15) is 22.4 Å². The minimum Gasteiger partial charge on any atom is -0.358 e. The van der Waals surface area contributed by atoms with E-state index in [0.29, 0.717) is 40.5 Å². The van der Waals surface area contributed by atoms with Crippen LogP contribution in [0.15, 0.2) is 59.4 Å². The lowest BCUT2D eigenvalue weighted by atomic mass is 9.95. The van der Waals surface area contributed by atoms with E-state index in [1.54, 1.807) is 24.3 Å². The van der Waals surface area contributed by atoms with E-state index in [4.69, 9.17) is 0 Å². The lowest BCUT2D eigenvalue weighted by Crippen LogP contribution is -2.12. The van der Waals surface area contributed by atoms with Gasteiger partial charge in [0.25, 0.3) is 0 Å². The van der Waals surface area contributed by atoms with Gasteiger partial charge in [0, 0.05) is 22.8 Å². The number of nitrogens with one attached hydrogen (secondary N) is 1. The number of aryl methyl sites for hydroxylation is 2. The molecule has 2 heterocycles. The summed E-state index contributed by atoms with van der Waals surface area (Å²) in [6.07, 6.45) is 2.45. The van der Waals surface area contributed by atoms with Crippen molar-refractivity contribution in [1.82, 2.24) is 9.55 Å². The summed E-state index contributed by atoms with van der Waals surface area (Å²) in [5, 5.41) is 11.3. The van der Waals surface area contributed by atoms with Crippen LogP contribution >= 0.6 is 0 Å². The Hall–Kier alpha value is -4.16. The normalized spacial score (nSPS) is 11.8. The second-order valence-corrected chi connectivity index (χ2v) is 9.89. The molecule has 0 radical (unpaired) electrons. The molecule has 0 aliphatic carbocycles. The first kappa shape index (κ1) is 24.5. The number of aromatic nitrogens is 2. The monoisotopic (exact) mass is 517 g/mol. The summed E-state index contributed by atoms with van der Waals surface area (Å²) in [7, 11) is -5.16. The molecule has 0 atom stereocenters. The number of nitrogens with zero attached hydrogens (tertiary/aromatic N) is 2. The van der Waals surface area contributed by atoms with Crippen LogP contribution in [0.2, 0.25) is 0 Å². The Bertz CT molecular complexity index is 1900. The number of nitriles is 1. The van der Waals surface area contributed by atoms with Crippen LogP contribution in [-0.4, -0.2) is 18.0 Å². The van der Waals surface area contributed by atoms with Gasteiger partial charge >= 0.3 is 10.5 Å². The number of unbranched alkanes of at least 4 members (excludes halogenated alkanes) is 1. The fourth-order valence-corrected chi connectivity index (χ4v) is 5.25. The molecule has 9 heteroatoms. The molecule has 0 saturated heterocycles. The number of rotatable bonds is 7. The first-order valence-corrected chi connectivity index (χ1v) is 13.3. The summed E-state index contributed by atoms with van der Waals surface area (Å²) in [5.41, 5.74) is 4.87. The van der Waals surface area contributed by atoms with Gasteiger partial charge in [0.15, 0.2) is 5.43 Å². The van der Waals surface area contributed by atoms with Crippen LogP contribution in [0, 0.1) is 11.3 Å². The Kier molecular flexibility index (Phi) is 6.21. The Morgan fingerprint density at radius 2 is 1.89 bits per heavy atom. The van der Waals surface area contributed by atoms with Gasteiger partial charge in [0.1, 0.15) is 11.4 Å². The second kappa shape index (κ2) is 9.37. The maximum Gasteiger partial charge on any atom is 0.488 e. The third-order valence-corrected chi connectivity index (χ3v) is 7.01. The summed E-state index contributed by atoms with van der Waals surface area (Å²) in [4.78, 5) is 17.2. The molecule has 0 fully saturated rings. The van der Waals surface area contributed by atoms with Crippen LogP contribution in [0.25, 0.3) is 44.0 Å². The fourth-order valence-electron chi connectivity index (χ4n) is 4.92. The third-order valence-electron chi connectivity index (χ3n) is 6.62. The van der Waals surface area contributed by atoms with Crippen LogP contribution < -0.4 is 9.61 Å². The summed E-state index contributed by atoms with van der Waals surface area (Å²) in [6.45, 7) is 4.73. The molecule has 0 bridgehead atoms. The van der Waals surface area contributed by atoms with Gasteiger partial charge in [-0.25, -0.2) is 0 Å². The van der Waals surface area contributed by atoms with E-state index in [-0.39, 0.29) is 11.2 Å². The Morgan fingerprint density at radius 1 is 1.08 bits per heavy atom.